The molecule has 4 rings (SSSR count). The molecule has 9 nitrogen and oxygen atoms in total. The van der Waals surface area contributed by atoms with E-state index >= 15 is 0 Å². The van der Waals surface area contributed by atoms with Crippen molar-refractivity contribution in [3.8, 4) is 0 Å². The highest BCUT2D eigenvalue weighted by Crippen LogP contribution is 2.29. The van der Waals surface area contributed by atoms with Crippen LogP contribution < -0.4 is 10.5 Å². The number of benzene rings is 1. The van der Waals surface area contributed by atoms with E-state index in [1.165, 1.54) is 12.5 Å². The van der Waals surface area contributed by atoms with Crippen LogP contribution in [0.4, 0.5) is 5.82 Å². The van der Waals surface area contributed by atoms with E-state index in [4.69, 9.17) is 9.32 Å². The van der Waals surface area contributed by atoms with Gasteiger partial charge in [0.1, 0.15) is 12.1 Å². The van der Waals surface area contributed by atoms with Crippen molar-refractivity contribution in [2.24, 2.45) is 11.1 Å². The van der Waals surface area contributed by atoms with Gasteiger partial charge in [0, 0.05) is 41.2 Å². The maximum absolute atomic E-state index is 13.2. The number of aromatic nitrogens is 3. The summed E-state index contributed by atoms with van der Waals surface area (Å²) < 4.78 is 29.7. The molecule has 3 aromatic rings. The Balaban J connectivity index is 1.42. The third-order valence-corrected chi connectivity index (χ3v) is 6.53. The molecule has 174 valence electrons. The lowest BCUT2D eigenvalue weighted by atomic mass is 10.1. The van der Waals surface area contributed by atoms with Crippen LogP contribution in [0.1, 0.15) is 40.7 Å². The first-order valence-electron chi connectivity index (χ1n) is 10.5. The van der Waals surface area contributed by atoms with Gasteiger partial charge < -0.3 is 9.88 Å². The van der Waals surface area contributed by atoms with Crippen molar-refractivity contribution >= 4 is 37.8 Å². The Morgan fingerprint density at radius 1 is 1.30 bits per heavy atom. The molecule has 1 aliphatic carbocycles. The Hall–Kier alpha value is -2.60. The lowest BCUT2D eigenvalue weighted by molar-refractivity contribution is 0.103. The van der Waals surface area contributed by atoms with Gasteiger partial charge in [-0.15, -0.1) is 0 Å². The number of anilines is 1. The number of nitrogens with one attached hydrogen (secondary N) is 1. The van der Waals surface area contributed by atoms with Gasteiger partial charge in [0.25, 0.3) is 0 Å². The first kappa shape index (κ1) is 23.6. The topological polar surface area (TPSA) is 129 Å². The summed E-state index contributed by atoms with van der Waals surface area (Å²) >= 11 is 3.48. The number of carbonyl (C=O) groups is 1. The number of carbonyl (C=O) groups excluding carboxylic acids is 1. The van der Waals surface area contributed by atoms with Crippen molar-refractivity contribution < 1.29 is 17.4 Å². The highest BCUT2D eigenvalue weighted by Gasteiger charge is 2.27. The van der Waals surface area contributed by atoms with E-state index in [-0.39, 0.29) is 24.3 Å². The fraction of sp³-hybridized carbons (Fsp3) is 0.318. The van der Waals surface area contributed by atoms with Gasteiger partial charge in [-0.1, -0.05) is 28.1 Å². The summed E-state index contributed by atoms with van der Waals surface area (Å²) in [7, 11) is -3.95. The normalized spacial score (nSPS) is 18.4. The number of nitrogens with zero attached hydrogens (tertiary/aromatic N) is 3. The van der Waals surface area contributed by atoms with Crippen LogP contribution in [0.15, 0.2) is 59.7 Å². The molecule has 1 aromatic carbocycles. The second kappa shape index (κ2) is 10.1. The Bertz CT molecular complexity index is 1250. The summed E-state index contributed by atoms with van der Waals surface area (Å²) in [6, 6.07) is 9.84. The van der Waals surface area contributed by atoms with Gasteiger partial charge in [-0.25, -0.2) is 15.1 Å². The summed E-state index contributed by atoms with van der Waals surface area (Å²) in [6.45, 7) is 0.700. The summed E-state index contributed by atoms with van der Waals surface area (Å²) in [6.07, 6.45) is 8.89. The van der Waals surface area contributed by atoms with Gasteiger partial charge in [0.15, 0.2) is 5.78 Å². The molecule has 0 bridgehead atoms. The molecule has 2 heterocycles. The van der Waals surface area contributed by atoms with E-state index in [0.717, 1.165) is 22.9 Å². The SMILES string of the molecule is NS(=O)(=O)OCC1CCC(Nc2ncncc2C(=O)c2ccn(Cc3cccc(Br)c3)c2)C1. The van der Waals surface area contributed by atoms with E-state index in [1.54, 1.807) is 6.07 Å². The largest absolute Gasteiger partial charge is 0.367 e. The Kier molecular flexibility index (Phi) is 7.23. The molecular weight excluding hydrogens is 510 g/mol. The molecule has 3 N–H and O–H groups in total. The molecule has 1 saturated carbocycles. The third kappa shape index (κ3) is 6.47. The molecule has 1 fully saturated rings. The molecule has 33 heavy (non-hydrogen) atoms. The van der Waals surface area contributed by atoms with Crippen LogP contribution >= 0.6 is 15.9 Å². The van der Waals surface area contributed by atoms with Gasteiger partial charge in [0.05, 0.1) is 12.2 Å². The zero-order chi connectivity index (χ0) is 23.4. The van der Waals surface area contributed by atoms with Gasteiger partial charge in [0.2, 0.25) is 0 Å². The van der Waals surface area contributed by atoms with Crippen LogP contribution in [0.2, 0.25) is 0 Å². The smallest absolute Gasteiger partial charge is 0.333 e. The predicted octanol–water partition coefficient (Wildman–Crippen LogP) is 3.12. The molecule has 0 spiro atoms. The Labute approximate surface area is 200 Å². The van der Waals surface area contributed by atoms with E-state index in [2.05, 4.69) is 31.2 Å². The quantitative estimate of drug-likeness (QED) is 0.404. The van der Waals surface area contributed by atoms with Crippen LogP contribution in [-0.2, 0) is 21.0 Å². The highest BCUT2D eigenvalue weighted by molar-refractivity contribution is 9.10. The van der Waals surface area contributed by atoms with Crippen molar-refractivity contribution in [3.05, 3.63) is 76.4 Å². The molecule has 2 atom stereocenters. The molecule has 1 aliphatic rings. The highest BCUT2D eigenvalue weighted by atomic mass is 79.9. The zero-order valence-electron chi connectivity index (χ0n) is 17.7. The maximum Gasteiger partial charge on any atom is 0.333 e. The molecule has 2 unspecified atom stereocenters. The van der Waals surface area contributed by atoms with Crippen molar-refractivity contribution in [1.82, 2.24) is 14.5 Å². The fourth-order valence-electron chi connectivity index (χ4n) is 4.03. The first-order chi connectivity index (χ1) is 15.8. The molecule has 0 aliphatic heterocycles. The van der Waals surface area contributed by atoms with Crippen LogP contribution in [0.3, 0.4) is 0 Å². The summed E-state index contributed by atoms with van der Waals surface area (Å²) in [5, 5.41) is 8.23. The molecule has 11 heteroatoms. The van der Waals surface area contributed by atoms with E-state index in [0.29, 0.717) is 29.9 Å². The van der Waals surface area contributed by atoms with Gasteiger partial charge in [-0.2, -0.15) is 8.42 Å². The van der Waals surface area contributed by atoms with Crippen LogP contribution in [0.25, 0.3) is 0 Å². The Morgan fingerprint density at radius 2 is 2.15 bits per heavy atom. The molecule has 0 radical (unpaired) electrons. The number of nitrogens with two attached hydrogens (primary N) is 1. The van der Waals surface area contributed by atoms with Crippen LogP contribution in [0.5, 0.6) is 0 Å². The monoisotopic (exact) mass is 533 g/mol. The van der Waals surface area contributed by atoms with Crippen LogP contribution in [0, 0.1) is 5.92 Å². The van der Waals surface area contributed by atoms with Crippen molar-refractivity contribution in [3.63, 3.8) is 0 Å². The van der Waals surface area contributed by atoms with Gasteiger partial charge >= 0.3 is 10.3 Å². The minimum atomic E-state index is -3.95. The third-order valence-electron chi connectivity index (χ3n) is 5.57. The second-order valence-electron chi connectivity index (χ2n) is 8.11. The fourth-order valence-corrected chi connectivity index (χ4v) is 4.86. The number of hydrogen-bond acceptors (Lipinski definition) is 7. The molecule has 0 amide bonds. The van der Waals surface area contributed by atoms with Crippen molar-refractivity contribution in [1.29, 1.82) is 0 Å². The van der Waals surface area contributed by atoms with E-state index < -0.39 is 10.3 Å². The molecule has 2 aromatic heterocycles. The molecular formula is C22H24BrN5O4S. The average molecular weight is 534 g/mol. The minimum absolute atomic E-state index is 0.0432. The van der Waals surface area contributed by atoms with E-state index in [9.17, 15) is 13.2 Å². The lowest BCUT2D eigenvalue weighted by Gasteiger charge is -2.16. The maximum atomic E-state index is 13.2. The van der Waals surface area contributed by atoms with Gasteiger partial charge in [-0.05, 0) is 48.9 Å². The second-order valence-corrected chi connectivity index (χ2v) is 10.3. The predicted molar refractivity (Wildman–Crippen MR) is 127 cm³/mol. The summed E-state index contributed by atoms with van der Waals surface area (Å²) in [5.74, 6) is 0.361. The van der Waals surface area contributed by atoms with E-state index in [1.807, 2.05) is 41.2 Å². The van der Waals surface area contributed by atoms with Crippen molar-refractivity contribution in [2.45, 2.75) is 31.8 Å². The number of ketones is 1. The summed E-state index contributed by atoms with van der Waals surface area (Å²) in [5.41, 5.74) is 2.06. The molecule has 0 saturated heterocycles. The lowest BCUT2D eigenvalue weighted by Crippen LogP contribution is -2.22. The summed E-state index contributed by atoms with van der Waals surface area (Å²) in [4.78, 5) is 21.5. The number of hydrogen-bond donors (Lipinski definition) is 2. The van der Waals surface area contributed by atoms with Crippen molar-refractivity contribution in [2.75, 3.05) is 11.9 Å². The number of halogens is 1. The standard InChI is InChI=1S/C22H24BrN5O4S/c23-18-3-1-2-15(8-18)11-28-7-6-17(12-28)21(29)20-10-25-14-26-22(20)27-19-5-4-16(9-19)13-32-33(24,30)31/h1-3,6-8,10,12,14,16,19H,4-5,9,11,13H2,(H2,24,30,31)(H,25,26,27). The van der Waals surface area contributed by atoms with Crippen LogP contribution in [-0.4, -0.2) is 41.4 Å². The average Bonchev–Trinajstić information content (AvgIpc) is 3.41. The first-order valence-corrected chi connectivity index (χ1v) is 12.7. The zero-order valence-corrected chi connectivity index (χ0v) is 20.1. The van der Waals surface area contributed by atoms with Gasteiger partial charge in [-0.3, -0.25) is 8.98 Å². The Morgan fingerprint density at radius 3 is 2.94 bits per heavy atom. The number of rotatable bonds is 9. The minimum Gasteiger partial charge on any atom is -0.367 e.